The number of benzene rings is 1. The van der Waals surface area contributed by atoms with Crippen molar-refractivity contribution >= 4 is 36.3 Å². The van der Waals surface area contributed by atoms with Gasteiger partial charge in [-0.1, -0.05) is 48.5 Å². The van der Waals surface area contributed by atoms with Gasteiger partial charge >= 0.3 is 30.2 Å². The molecular weight excluding hydrogens is 789 g/mol. The largest absolute Gasteiger partial charge is 0.458 e. The van der Waals surface area contributed by atoms with E-state index < -0.39 is 30.2 Å². The normalized spacial score (nSPS) is 23.3. The third-order valence-corrected chi connectivity index (χ3v) is 11.1. The third-order valence-electron chi connectivity index (χ3n) is 11.1. The Morgan fingerprint density at radius 3 is 1.57 bits per heavy atom. The van der Waals surface area contributed by atoms with Crippen LogP contribution in [0.15, 0.2) is 29.3 Å². The molecule has 5 atom stereocenters. The predicted octanol–water partition coefficient (Wildman–Crippen LogP) is 7.53. The van der Waals surface area contributed by atoms with E-state index in [0.29, 0.717) is 45.1 Å². The fraction of sp³-hybridized carbons (Fsp3) is 0.733. The van der Waals surface area contributed by atoms with E-state index in [-0.39, 0.29) is 77.4 Å². The van der Waals surface area contributed by atoms with Crippen LogP contribution < -0.4 is 16.0 Å². The molecule has 1 aromatic carbocycles. The van der Waals surface area contributed by atoms with Gasteiger partial charge in [-0.2, -0.15) is 0 Å². The number of ether oxygens (including phenoxy) is 6. The highest BCUT2D eigenvalue weighted by Crippen LogP contribution is 2.47. The summed E-state index contributed by atoms with van der Waals surface area (Å²) < 4.78 is 32.1. The number of nitrogens with one attached hydrogen (secondary N) is 3. The van der Waals surface area contributed by atoms with Crippen molar-refractivity contribution in [2.45, 2.75) is 132 Å². The Bertz CT molecular complexity index is 1660. The minimum absolute atomic E-state index is 0.0709. The Kier molecular flexibility index (Phi) is 19.5. The van der Waals surface area contributed by atoms with Crippen LogP contribution in [0.3, 0.4) is 0 Å². The first kappa shape index (κ1) is 50.7. The second-order valence-electron chi connectivity index (χ2n) is 19.4. The molecule has 0 aromatic heterocycles. The van der Waals surface area contributed by atoms with Gasteiger partial charge in [0, 0.05) is 25.2 Å². The van der Waals surface area contributed by atoms with Gasteiger partial charge in [0.25, 0.3) is 0 Å². The molecule has 0 spiro atoms. The van der Waals surface area contributed by atoms with E-state index in [1.54, 1.807) is 6.08 Å². The summed E-state index contributed by atoms with van der Waals surface area (Å²) in [6, 6.07) is 5.30. The SMILES string of the molecule is CC(CCOC(=O)NCC1(C)CC(NC(=O)OCCOC(=O)c2ccc(C(=O)OCCOC(=O)NC3CC(C)(C)CC(C)(CN=C=O)C3)cc2)CC(C)(C)C1)CCOC(C)C. The van der Waals surface area contributed by atoms with Gasteiger partial charge in [-0.25, -0.2) is 33.8 Å². The van der Waals surface area contributed by atoms with E-state index in [4.69, 9.17) is 28.4 Å². The van der Waals surface area contributed by atoms with Gasteiger partial charge < -0.3 is 44.4 Å². The number of rotatable bonds is 21. The average Bonchev–Trinajstić information content (AvgIpc) is 3.14. The zero-order chi connectivity index (χ0) is 45.3. The molecule has 0 heterocycles. The Balaban J connectivity index is 1.32. The predicted molar refractivity (Wildman–Crippen MR) is 227 cm³/mol. The number of alkyl carbamates (subject to hydrolysis) is 3. The molecule has 2 fully saturated rings. The lowest BCUT2D eigenvalue weighted by molar-refractivity contribution is 0.0366. The fourth-order valence-electron chi connectivity index (χ4n) is 9.15. The number of hydrogen-bond acceptors (Lipinski definition) is 13. The first-order valence-electron chi connectivity index (χ1n) is 21.5. The molecule has 1 aromatic rings. The number of nitrogens with zero attached hydrogens (tertiary/aromatic N) is 1. The van der Waals surface area contributed by atoms with Crippen molar-refractivity contribution in [2.75, 3.05) is 52.7 Å². The van der Waals surface area contributed by atoms with Crippen LogP contribution >= 0.6 is 0 Å². The van der Waals surface area contributed by atoms with Crippen LogP contribution in [0.2, 0.25) is 0 Å². The summed E-state index contributed by atoms with van der Waals surface area (Å²) in [5.74, 6) is -0.951. The van der Waals surface area contributed by atoms with Crippen molar-refractivity contribution < 1.29 is 57.2 Å². The van der Waals surface area contributed by atoms with Crippen molar-refractivity contribution in [3.05, 3.63) is 35.4 Å². The number of carbonyl (C=O) groups excluding carboxylic acids is 6. The molecule has 2 aliphatic carbocycles. The molecule has 5 unspecified atom stereocenters. The van der Waals surface area contributed by atoms with E-state index in [9.17, 15) is 28.8 Å². The second kappa shape index (κ2) is 23.5. The highest BCUT2D eigenvalue weighted by Gasteiger charge is 2.43. The van der Waals surface area contributed by atoms with E-state index in [0.717, 1.165) is 38.5 Å². The van der Waals surface area contributed by atoms with Gasteiger partial charge in [-0.05, 0) is 117 Å². The topological polar surface area (TPSA) is 206 Å². The molecule has 0 saturated heterocycles. The third kappa shape index (κ3) is 19.3. The Morgan fingerprint density at radius 1 is 0.639 bits per heavy atom. The van der Waals surface area contributed by atoms with Crippen molar-refractivity contribution in [2.24, 2.45) is 32.6 Å². The molecule has 0 bridgehead atoms. The maximum absolute atomic E-state index is 12.7. The first-order chi connectivity index (χ1) is 28.6. The second-order valence-corrected chi connectivity index (χ2v) is 19.4. The molecule has 3 amide bonds. The molecule has 16 nitrogen and oxygen atoms in total. The van der Waals surface area contributed by atoms with E-state index in [1.165, 1.54) is 24.3 Å². The van der Waals surface area contributed by atoms with Crippen molar-refractivity contribution in [1.82, 2.24) is 16.0 Å². The van der Waals surface area contributed by atoms with Crippen LogP contribution in [-0.2, 0) is 33.2 Å². The van der Waals surface area contributed by atoms with Crippen LogP contribution in [0, 0.1) is 27.6 Å². The maximum atomic E-state index is 12.7. The smallest absolute Gasteiger partial charge is 0.407 e. The molecule has 3 rings (SSSR count). The van der Waals surface area contributed by atoms with E-state index >= 15 is 0 Å². The minimum Gasteiger partial charge on any atom is -0.458 e. The summed E-state index contributed by atoms with van der Waals surface area (Å²) in [5.41, 5.74) is -0.356. The number of hydrogen-bond donors (Lipinski definition) is 3. The van der Waals surface area contributed by atoms with Crippen molar-refractivity contribution in [1.29, 1.82) is 0 Å². The van der Waals surface area contributed by atoms with Crippen LogP contribution in [0.4, 0.5) is 14.4 Å². The molecule has 61 heavy (non-hydrogen) atoms. The number of carbonyl (C=O) groups is 5. The van der Waals surface area contributed by atoms with Crippen LogP contribution in [0.1, 0.15) is 134 Å². The lowest BCUT2D eigenvalue weighted by Crippen LogP contribution is -2.50. The quantitative estimate of drug-likeness (QED) is 0.0361. The number of isocyanates is 1. The highest BCUT2D eigenvalue weighted by molar-refractivity contribution is 5.93. The average molecular weight is 859 g/mol. The van der Waals surface area contributed by atoms with E-state index in [2.05, 4.69) is 62.5 Å². The summed E-state index contributed by atoms with van der Waals surface area (Å²) in [4.78, 5) is 77.3. The van der Waals surface area contributed by atoms with E-state index in [1.807, 2.05) is 20.8 Å². The fourth-order valence-corrected chi connectivity index (χ4v) is 9.15. The number of aliphatic imine (C=N–C) groups is 1. The molecule has 3 N–H and O–H groups in total. The molecule has 2 aliphatic rings. The molecular formula is C45H70N4O12. The van der Waals surface area contributed by atoms with Gasteiger partial charge in [0.1, 0.15) is 26.4 Å². The zero-order valence-corrected chi connectivity index (χ0v) is 37.8. The van der Waals surface area contributed by atoms with Gasteiger partial charge in [-0.15, -0.1) is 0 Å². The van der Waals surface area contributed by atoms with Crippen molar-refractivity contribution in [3.8, 4) is 0 Å². The monoisotopic (exact) mass is 858 g/mol. The van der Waals surface area contributed by atoms with Gasteiger partial charge in [0.2, 0.25) is 6.08 Å². The van der Waals surface area contributed by atoms with Crippen molar-refractivity contribution in [3.63, 3.8) is 0 Å². The molecule has 0 aliphatic heterocycles. The summed E-state index contributed by atoms with van der Waals surface area (Å²) in [7, 11) is 0. The molecule has 0 radical (unpaired) electrons. The summed E-state index contributed by atoms with van der Waals surface area (Å²) in [6.45, 7) is 19.8. The Hall–Kier alpha value is -4.69. The lowest BCUT2D eigenvalue weighted by atomic mass is 9.62. The van der Waals surface area contributed by atoms with Gasteiger partial charge in [0.15, 0.2) is 0 Å². The molecule has 16 heteroatoms. The Labute approximate surface area is 361 Å². The highest BCUT2D eigenvalue weighted by atomic mass is 16.6. The summed E-state index contributed by atoms with van der Waals surface area (Å²) in [6.07, 6.45) is 6.17. The van der Waals surface area contributed by atoms with Crippen LogP contribution in [0.5, 0.6) is 0 Å². The molecule has 342 valence electrons. The lowest BCUT2D eigenvalue weighted by Gasteiger charge is -2.46. The minimum atomic E-state index is -0.664. The zero-order valence-electron chi connectivity index (χ0n) is 37.8. The number of amides is 3. The van der Waals surface area contributed by atoms with Gasteiger partial charge in [-0.3, -0.25) is 0 Å². The number of esters is 2. The van der Waals surface area contributed by atoms with Crippen LogP contribution in [-0.4, -0.2) is 107 Å². The van der Waals surface area contributed by atoms with Gasteiger partial charge in [0.05, 0.1) is 30.4 Å². The maximum Gasteiger partial charge on any atom is 0.407 e. The molecule has 2 saturated carbocycles. The Morgan fingerprint density at radius 2 is 1.08 bits per heavy atom. The van der Waals surface area contributed by atoms with Crippen LogP contribution in [0.25, 0.3) is 0 Å². The summed E-state index contributed by atoms with van der Waals surface area (Å²) >= 11 is 0. The summed E-state index contributed by atoms with van der Waals surface area (Å²) in [5, 5.41) is 8.73. The standard InChI is InChI=1S/C45H70N4O12/c1-31(2)56-16-14-32(3)15-17-59-39(53)47-29-45(9)25-36(23-43(6,7)27-45)49-41(55)61-21-19-58-38(52)34-12-10-33(11-13-34)37(51)57-18-20-60-40(54)48-35-22-42(4,5)26-44(8,24-35)28-46-30-50/h10-13,31-32,35-36H,14-29H2,1-9H3,(H,47,53)(H,48,54)(H,49,55). The first-order valence-corrected chi connectivity index (χ1v) is 21.5.